The van der Waals surface area contributed by atoms with Gasteiger partial charge in [0.05, 0.1) is 0 Å². The summed E-state index contributed by atoms with van der Waals surface area (Å²) in [5, 5.41) is 0. The molecular weight excluding hydrogens is 314 g/mol. The van der Waals surface area contributed by atoms with Crippen molar-refractivity contribution >= 4 is 15.9 Å². The molecule has 1 unspecified atom stereocenters. The zero-order chi connectivity index (χ0) is 14.0. The fraction of sp³-hybridized carbons (Fsp3) is 0.214. The van der Waals surface area contributed by atoms with E-state index in [9.17, 15) is 8.78 Å². The zero-order valence-corrected chi connectivity index (χ0v) is 11.9. The smallest absolute Gasteiger partial charge is 0.126 e. The van der Waals surface area contributed by atoms with Crippen LogP contribution in [0.15, 0.2) is 41.1 Å². The lowest BCUT2D eigenvalue weighted by molar-refractivity contribution is 0.478. The molecule has 5 heteroatoms. The Morgan fingerprint density at radius 3 is 2.37 bits per heavy atom. The number of rotatable bonds is 3. The van der Waals surface area contributed by atoms with Gasteiger partial charge in [-0.3, -0.25) is 4.98 Å². The fourth-order valence-corrected chi connectivity index (χ4v) is 2.37. The van der Waals surface area contributed by atoms with Gasteiger partial charge in [0.25, 0.3) is 0 Å². The Bertz CT molecular complexity index is 579. The molecule has 0 bridgehead atoms. The Labute approximate surface area is 118 Å². The average Bonchev–Trinajstić information content (AvgIpc) is 2.26. The van der Waals surface area contributed by atoms with Crippen molar-refractivity contribution in [1.29, 1.82) is 0 Å². The summed E-state index contributed by atoms with van der Waals surface area (Å²) in [5.74, 6) is -1.25. The van der Waals surface area contributed by atoms with Crippen molar-refractivity contribution < 1.29 is 8.78 Å². The summed E-state index contributed by atoms with van der Waals surface area (Å²) in [6.45, 7) is 1.74. The van der Waals surface area contributed by atoms with E-state index in [1.165, 1.54) is 12.1 Å². The van der Waals surface area contributed by atoms with Crippen LogP contribution in [0.3, 0.4) is 0 Å². The molecule has 0 aliphatic carbocycles. The van der Waals surface area contributed by atoms with Crippen molar-refractivity contribution in [2.75, 3.05) is 0 Å². The third-order valence-electron chi connectivity index (χ3n) is 2.85. The number of nitrogens with zero attached hydrogens (tertiary/aromatic N) is 1. The Hall–Kier alpha value is -1.33. The number of nitrogens with two attached hydrogens (primary N) is 1. The van der Waals surface area contributed by atoms with Crippen molar-refractivity contribution in [1.82, 2.24) is 4.98 Å². The summed E-state index contributed by atoms with van der Waals surface area (Å²) in [6, 6.07) is 5.23. The normalized spacial score (nSPS) is 14.2. The van der Waals surface area contributed by atoms with Gasteiger partial charge in [0.2, 0.25) is 0 Å². The Kier molecular flexibility index (Phi) is 3.96. The van der Waals surface area contributed by atoms with Crippen molar-refractivity contribution in [3.05, 3.63) is 63.9 Å². The molecule has 0 amide bonds. The third kappa shape index (κ3) is 3.58. The molecule has 2 aromatic rings. The number of aromatic nitrogens is 1. The SMILES string of the molecule is CC(N)(Cc1cncc(Br)c1)c1cc(F)cc(F)c1. The molecule has 1 atom stereocenters. The molecule has 0 aliphatic rings. The Morgan fingerprint density at radius 2 is 1.79 bits per heavy atom. The van der Waals surface area contributed by atoms with Crippen LogP contribution in [0.2, 0.25) is 0 Å². The first-order valence-corrected chi connectivity index (χ1v) is 6.51. The molecule has 2 N–H and O–H groups in total. The maximum Gasteiger partial charge on any atom is 0.126 e. The lowest BCUT2D eigenvalue weighted by atomic mass is 9.87. The number of halogens is 3. The van der Waals surface area contributed by atoms with Crippen LogP contribution in [0.5, 0.6) is 0 Å². The van der Waals surface area contributed by atoms with Crippen LogP contribution in [-0.2, 0) is 12.0 Å². The van der Waals surface area contributed by atoms with E-state index in [4.69, 9.17) is 5.73 Å². The third-order valence-corrected chi connectivity index (χ3v) is 3.29. The molecule has 0 aliphatic heterocycles. The second-order valence-corrected chi connectivity index (χ2v) is 5.68. The van der Waals surface area contributed by atoms with Crippen LogP contribution in [0.25, 0.3) is 0 Å². The highest BCUT2D eigenvalue weighted by Gasteiger charge is 2.23. The molecule has 2 rings (SSSR count). The average molecular weight is 327 g/mol. The minimum Gasteiger partial charge on any atom is -0.321 e. The van der Waals surface area contributed by atoms with E-state index >= 15 is 0 Å². The Balaban J connectivity index is 2.31. The first kappa shape index (κ1) is 14.1. The van der Waals surface area contributed by atoms with Crippen LogP contribution >= 0.6 is 15.9 Å². The summed E-state index contributed by atoms with van der Waals surface area (Å²) in [7, 11) is 0. The van der Waals surface area contributed by atoms with E-state index in [1.54, 1.807) is 19.3 Å². The molecule has 2 nitrogen and oxygen atoms in total. The van der Waals surface area contributed by atoms with E-state index in [2.05, 4.69) is 20.9 Å². The predicted octanol–water partition coefficient (Wildman–Crippen LogP) is 3.54. The maximum absolute atomic E-state index is 13.2. The van der Waals surface area contributed by atoms with E-state index in [0.717, 1.165) is 16.1 Å². The van der Waals surface area contributed by atoms with Gasteiger partial charge in [0.15, 0.2) is 0 Å². The van der Waals surface area contributed by atoms with Crippen LogP contribution in [0, 0.1) is 11.6 Å². The summed E-state index contributed by atoms with van der Waals surface area (Å²) in [4.78, 5) is 4.05. The van der Waals surface area contributed by atoms with Crippen molar-refractivity contribution in [3.63, 3.8) is 0 Å². The van der Waals surface area contributed by atoms with E-state index in [-0.39, 0.29) is 0 Å². The van der Waals surface area contributed by atoms with Gasteiger partial charge in [0.1, 0.15) is 11.6 Å². The van der Waals surface area contributed by atoms with E-state index in [1.807, 2.05) is 6.07 Å². The van der Waals surface area contributed by atoms with Gasteiger partial charge in [-0.2, -0.15) is 0 Å². The monoisotopic (exact) mass is 326 g/mol. The molecule has 0 radical (unpaired) electrons. The van der Waals surface area contributed by atoms with Crippen molar-refractivity contribution in [2.24, 2.45) is 5.73 Å². The number of hydrogen-bond donors (Lipinski definition) is 1. The highest BCUT2D eigenvalue weighted by molar-refractivity contribution is 9.10. The highest BCUT2D eigenvalue weighted by atomic mass is 79.9. The van der Waals surface area contributed by atoms with Crippen LogP contribution in [0.4, 0.5) is 8.78 Å². The van der Waals surface area contributed by atoms with Gasteiger partial charge >= 0.3 is 0 Å². The molecule has 0 saturated carbocycles. The lowest BCUT2D eigenvalue weighted by Gasteiger charge is -2.25. The van der Waals surface area contributed by atoms with E-state index < -0.39 is 17.2 Å². The Morgan fingerprint density at radius 1 is 1.16 bits per heavy atom. The second kappa shape index (κ2) is 5.35. The van der Waals surface area contributed by atoms with Gasteiger partial charge in [-0.05, 0) is 58.6 Å². The van der Waals surface area contributed by atoms with Crippen LogP contribution < -0.4 is 5.73 Å². The van der Waals surface area contributed by atoms with Crippen molar-refractivity contribution in [3.8, 4) is 0 Å². The molecule has 1 aromatic carbocycles. The first-order chi connectivity index (χ1) is 8.87. The maximum atomic E-state index is 13.2. The number of benzene rings is 1. The summed E-state index contributed by atoms with van der Waals surface area (Å²) in [5.41, 5.74) is 6.63. The van der Waals surface area contributed by atoms with Gasteiger partial charge in [-0.15, -0.1) is 0 Å². The highest BCUT2D eigenvalue weighted by Crippen LogP contribution is 2.25. The van der Waals surface area contributed by atoms with Gasteiger partial charge in [-0.25, -0.2) is 8.78 Å². The summed E-state index contributed by atoms with van der Waals surface area (Å²) in [6.07, 6.45) is 3.78. The lowest BCUT2D eigenvalue weighted by Crippen LogP contribution is -2.35. The number of hydrogen-bond acceptors (Lipinski definition) is 2. The van der Waals surface area contributed by atoms with Gasteiger partial charge < -0.3 is 5.73 Å². The molecule has 100 valence electrons. The van der Waals surface area contributed by atoms with Crippen LogP contribution in [0.1, 0.15) is 18.1 Å². The summed E-state index contributed by atoms with van der Waals surface area (Å²) < 4.78 is 27.3. The van der Waals surface area contributed by atoms with Crippen LogP contribution in [-0.4, -0.2) is 4.98 Å². The summed E-state index contributed by atoms with van der Waals surface area (Å²) >= 11 is 3.33. The molecule has 0 spiro atoms. The molecule has 19 heavy (non-hydrogen) atoms. The van der Waals surface area contributed by atoms with Gasteiger partial charge in [-0.1, -0.05) is 0 Å². The quantitative estimate of drug-likeness (QED) is 0.936. The molecular formula is C14H13BrF2N2. The zero-order valence-electron chi connectivity index (χ0n) is 10.3. The fourth-order valence-electron chi connectivity index (χ4n) is 1.96. The minimum atomic E-state index is -0.870. The van der Waals surface area contributed by atoms with Gasteiger partial charge in [0, 0.05) is 28.5 Å². The minimum absolute atomic E-state index is 0.421. The standard InChI is InChI=1S/C14H13BrF2N2/c1-14(18,6-9-2-11(15)8-19-7-9)10-3-12(16)5-13(17)4-10/h2-5,7-8H,6,18H2,1H3. The van der Waals surface area contributed by atoms with E-state index in [0.29, 0.717) is 12.0 Å². The molecule has 0 fully saturated rings. The largest absolute Gasteiger partial charge is 0.321 e. The second-order valence-electron chi connectivity index (χ2n) is 4.76. The van der Waals surface area contributed by atoms with Crippen molar-refractivity contribution in [2.45, 2.75) is 18.9 Å². The molecule has 1 heterocycles. The topological polar surface area (TPSA) is 38.9 Å². The molecule has 1 aromatic heterocycles. The molecule has 0 saturated heterocycles. The first-order valence-electron chi connectivity index (χ1n) is 5.72. The predicted molar refractivity (Wildman–Crippen MR) is 73.5 cm³/mol. The number of pyridine rings is 1.